The summed E-state index contributed by atoms with van der Waals surface area (Å²) in [5.41, 5.74) is 4.28. The maximum absolute atomic E-state index is 12.3. The van der Waals surface area contributed by atoms with Crippen LogP contribution in [0.4, 0.5) is 17.1 Å². The molecular formula is C20H21N3O3. The van der Waals surface area contributed by atoms with Crippen LogP contribution in [0.15, 0.2) is 42.5 Å². The average Bonchev–Trinajstić information content (AvgIpc) is 2.99. The van der Waals surface area contributed by atoms with Crippen LogP contribution in [0.1, 0.15) is 25.0 Å². The third-order valence-corrected chi connectivity index (χ3v) is 4.28. The Hall–Kier alpha value is -3.15. The van der Waals surface area contributed by atoms with Crippen molar-refractivity contribution in [1.82, 2.24) is 0 Å². The third-order valence-electron chi connectivity index (χ3n) is 4.28. The predicted molar refractivity (Wildman–Crippen MR) is 101 cm³/mol. The molecule has 0 unspecified atom stereocenters. The van der Waals surface area contributed by atoms with Gasteiger partial charge in [0.15, 0.2) is 0 Å². The molecule has 0 saturated carbocycles. The van der Waals surface area contributed by atoms with Crippen molar-refractivity contribution in [3.05, 3.63) is 53.6 Å². The van der Waals surface area contributed by atoms with Gasteiger partial charge in [-0.3, -0.25) is 14.4 Å². The summed E-state index contributed by atoms with van der Waals surface area (Å²) in [6.07, 6.45) is 1.04. The number of anilines is 3. The van der Waals surface area contributed by atoms with Crippen LogP contribution in [0.2, 0.25) is 0 Å². The van der Waals surface area contributed by atoms with E-state index in [1.165, 1.54) is 6.92 Å². The Balaban J connectivity index is 1.62. The number of benzene rings is 2. The fourth-order valence-electron chi connectivity index (χ4n) is 3.11. The molecule has 0 radical (unpaired) electrons. The molecule has 6 nitrogen and oxygen atoms in total. The van der Waals surface area contributed by atoms with Gasteiger partial charge in [-0.1, -0.05) is 12.1 Å². The van der Waals surface area contributed by atoms with Crippen molar-refractivity contribution in [2.75, 3.05) is 22.1 Å². The molecule has 26 heavy (non-hydrogen) atoms. The molecule has 0 bridgehead atoms. The highest BCUT2D eigenvalue weighted by atomic mass is 16.2. The lowest BCUT2D eigenvalue weighted by Gasteiger charge is -2.15. The molecule has 2 aromatic carbocycles. The SMILES string of the molecule is CC(=O)Nc1ccc(CC(=O)Nc2ccc3c(c2)CCN3C(C)=O)cc1. The minimum absolute atomic E-state index is 0.0308. The smallest absolute Gasteiger partial charge is 0.228 e. The minimum Gasteiger partial charge on any atom is -0.326 e. The summed E-state index contributed by atoms with van der Waals surface area (Å²) in [4.78, 5) is 36.6. The predicted octanol–water partition coefficient (Wildman–Crippen LogP) is 2.74. The summed E-state index contributed by atoms with van der Waals surface area (Å²) in [5.74, 6) is -0.211. The van der Waals surface area contributed by atoms with Crippen LogP contribution in [-0.4, -0.2) is 24.3 Å². The van der Waals surface area contributed by atoms with Crippen LogP contribution in [0.3, 0.4) is 0 Å². The van der Waals surface area contributed by atoms with E-state index >= 15 is 0 Å². The van der Waals surface area contributed by atoms with Gasteiger partial charge in [0.25, 0.3) is 0 Å². The lowest BCUT2D eigenvalue weighted by molar-refractivity contribution is -0.117. The molecule has 1 heterocycles. The van der Waals surface area contributed by atoms with Gasteiger partial charge < -0.3 is 15.5 Å². The Kier molecular flexibility index (Phi) is 5.02. The molecule has 134 valence electrons. The van der Waals surface area contributed by atoms with Crippen molar-refractivity contribution in [2.45, 2.75) is 26.7 Å². The van der Waals surface area contributed by atoms with Gasteiger partial charge in [-0.2, -0.15) is 0 Å². The van der Waals surface area contributed by atoms with Crippen LogP contribution >= 0.6 is 0 Å². The number of amides is 3. The first-order valence-electron chi connectivity index (χ1n) is 8.50. The van der Waals surface area contributed by atoms with E-state index in [2.05, 4.69) is 10.6 Å². The third kappa shape index (κ3) is 4.08. The largest absolute Gasteiger partial charge is 0.326 e. The molecule has 0 saturated heterocycles. The van der Waals surface area contributed by atoms with Gasteiger partial charge in [0, 0.05) is 37.5 Å². The molecule has 0 spiro atoms. The van der Waals surface area contributed by atoms with E-state index in [4.69, 9.17) is 0 Å². The molecule has 3 amide bonds. The van der Waals surface area contributed by atoms with Crippen LogP contribution in [0.25, 0.3) is 0 Å². The summed E-state index contributed by atoms with van der Waals surface area (Å²) in [5, 5.41) is 5.59. The van der Waals surface area contributed by atoms with Gasteiger partial charge in [0.05, 0.1) is 6.42 Å². The molecule has 6 heteroatoms. The fraction of sp³-hybridized carbons (Fsp3) is 0.250. The Labute approximate surface area is 152 Å². The van der Waals surface area contributed by atoms with Gasteiger partial charge in [-0.15, -0.1) is 0 Å². The second-order valence-corrected chi connectivity index (χ2v) is 6.37. The number of carbonyl (C=O) groups is 3. The zero-order valence-electron chi connectivity index (χ0n) is 14.8. The number of hydrogen-bond acceptors (Lipinski definition) is 3. The maximum Gasteiger partial charge on any atom is 0.228 e. The van der Waals surface area contributed by atoms with Gasteiger partial charge in [0.2, 0.25) is 17.7 Å². The molecule has 0 fully saturated rings. The highest BCUT2D eigenvalue weighted by Gasteiger charge is 2.22. The highest BCUT2D eigenvalue weighted by molar-refractivity contribution is 5.96. The number of nitrogens with zero attached hydrogens (tertiary/aromatic N) is 1. The second kappa shape index (κ2) is 7.39. The lowest BCUT2D eigenvalue weighted by Crippen LogP contribution is -2.25. The molecular weight excluding hydrogens is 330 g/mol. The zero-order valence-corrected chi connectivity index (χ0v) is 14.8. The Morgan fingerprint density at radius 1 is 0.962 bits per heavy atom. The van der Waals surface area contributed by atoms with E-state index in [9.17, 15) is 14.4 Å². The van der Waals surface area contributed by atoms with E-state index in [0.29, 0.717) is 12.2 Å². The number of carbonyl (C=O) groups excluding carboxylic acids is 3. The Morgan fingerprint density at radius 3 is 2.31 bits per heavy atom. The monoisotopic (exact) mass is 351 g/mol. The van der Waals surface area contributed by atoms with Crippen molar-refractivity contribution in [1.29, 1.82) is 0 Å². The topological polar surface area (TPSA) is 78.5 Å². The number of fused-ring (bicyclic) bond motifs is 1. The number of hydrogen-bond donors (Lipinski definition) is 2. The zero-order chi connectivity index (χ0) is 18.7. The van der Waals surface area contributed by atoms with E-state index in [0.717, 1.165) is 28.9 Å². The van der Waals surface area contributed by atoms with E-state index in [1.54, 1.807) is 24.0 Å². The van der Waals surface area contributed by atoms with Crippen molar-refractivity contribution in [3.63, 3.8) is 0 Å². The van der Waals surface area contributed by atoms with Crippen LogP contribution in [-0.2, 0) is 27.2 Å². The fourth-order valence-corrected chi connectivity index (χ4v) is 3.11. The Morgan fingerprint density at radius 2 is 1.65 bits per heavy atom. The highest BCUT2D eigenvalue weighted by Crippen LogP contribution is 2.30. The van der Waals surface area contributed by atoms with E-state index in [1.807, 2.05) is 30.3 Å². The molecule has 3 rings (SSSR count). The van der Waals surface area contributed by atoms with Crippen molar-refractivity contribution < 1.29 is 14.4 Å². The molecule has 0 aromatic heterocycles. The standard InChI is InChI=1S/C20H21N3O3/c1-13(24)21-17-5-3-15(4-6-17)11-20(26)22-18-7-8-19-16(12-18)9-10-23(19)14(2)25/h3-8,12H,9-11H2,1-2H3,(H,21,24)(H,22,26). The van der Waals surface area contributed by atoms with Crippen molar-refractivity contribution in [2.24, 2.45) is 0 Å². The summed E-state index contributed by atoms with van der Waals surface area (Å²) in [6, 6.07) is 12.8. The molecule has 2 N–H and O–H groups in total. The summed E-state index contributed by atoms with van der Waals surface area (Å²) < 4.78 is 0. The van der Waals surface area contributed by atoms with E-state index in [-0.39, 0.29) is 24.1 Å². The van der Waals surface area contributed by atoms with Gasteiger partial charge in [-0.25, -0.2) is 0 Å². The molecule has 1 aliphatic heterocycles. The van der Waals surface area contributed by atoms with Gasteiger partial charge >= 0.3 is 0 Å². The quantitative estimate of drug-likeness (QED) is 0.889. The second-order valence-electron chi connectivity index (χ2n) is 6.37. The molecule has 1 aliphatic rings. The summed E-state index contributed by atoms with van der Waals surface area (Å²) >= 11 is 0. The average molecular weight is 351 g/mol. The van der Waals surface area contributed by atoms with Crippen LogP contribution < -0.4 is 15.5 Å². The van der Waals surface area contributed by atoms with E-state index < -0.39 is 0 Å². The first-order chi connectivity index (χ1) is 12.4. The number of rotatable bonds is 4. The molecule has 2 aromatic rings. The molecule has 0 aliphatic carbocycles. The normalized spacial score (nSPS) is 12.5. The van der Waals surface area contributed by atoms with Crippen molar-refractivity contribution >= 4 is 34.8 Å². The van der Waals surface area contributed by atoms with Gasteiger partial charge in [0.1, 0.15) is 0 Å². The first-order valence-corrected chi connectivity index (χ1v) is 8.50. The summed E-state index contributed by atoms with van der Waals surface area (Å²) in [7, 11) is 0. The first kappa shape index (κ1) is 17.7. The Bertz CT molecular complexity index is 859. The van der Waals surface area contributed by atoms with Crippen molar-refractivity contribution in [3.8, 4) is 0 Å². The molecule has 0 atom stereocenters. The number of nitrogens with one attached hydrogen (secondary N) is 2. The maximum atomic E-state index is 12.3. The van der Waals surface area contributed by atoms with Gasteiger partial charge in [-0.05, 0) is 47.9 Å². The van der Waals surface area contributed by atoms with Crippen LogP contribution in [0.5, 0.6) is 0 Å². The summed E-state index contributed by atoms with van der Waals surface area (Å²) in [6.45, 7) is 3.69. The minimum atomic E-state index is -0.129. The van der Waals surface area contributed by atoms with Crippen LogP contribution in [0, 0.1) is 0 Å². The lowest BCUT2D eigenvalue weighted by atomic mass is 10.1.